The maximum Gasteiger partial charge on any atom is 0.325 e. The monoisotopic (exact) mass is 238 g/mol. The smallest absolute Gasteiger partial charge is 0.325 e. The lowest BCUT2D eigenvalue weighted by atomic mass is 10.3. The highest BCUT2D eigenvalue weighted by Gasteiger charge is 2.20. The molecule has 4 nitrogen and oxygen atoms in total. The fourth-order valence-corrected chi connectivity index (χ4v) is 0.875. The molecule has 0 aromatic carbocycles. The molecular formula is C8H6F4N2O2. The first-order valence-corrected chi connectivity index (χ1v) is 3.98. The van der Waals surface area contributed by atoms with Crippen molar-refractivity contribution in [1.82, 2.24) is 4.98 Å². The molecule has 1 aromatic rings. The first kappa shape index (κ1) is 12.2. The minimum atomic E-state index is -1.80. The van der Waals surface area contributed by atoms with E-state index < -0.39 is 41.7 Å². The second-order valence-electron chi connectivity index (χ2n) is 2.63. The maximum atomic E-state index is 12.9. The lowest BCUT2D eigenvalue weighted by molar-refractivity contribution is -0.138. The summed E-state index contributed by atoms with van der Waals surface area (Å²) in [5.74, 6) is -7.86. The van der Waals surface area contributed by atoms with Crippen LogP contribution in [0.15, 0.2) is 0 Å². The number of nitrogens with zero attached hydrogens (tertiary/aromatic N) is 1. The Labute approximate surface area is 87.2 Å². The Balaban J connectivity index is 2.99. The Bertz CT molecular complexity index is 399. The minimum Gasteiger partial charge on any atom is -0.468 e. The molecule has 1 rings (SSSR count). The van der Waals surface area contributed by atoms with Gasteiger partial charge >= 0.3 is 5.97 Å². The second-order valence-corrected chi connectivity index (χ2v) is 2.63. The summed E-state index contributed by atoms with van der Waals surface area (Å²) in [7, 11) is 1.05. The van der Waals surface area contributed by atoms with Gasteiger partial charge in [0, 0.05) is 0 Å². The molecule has 0 unspecified atom stereocenters. The molecule has 0 saturated carbocycles. The molecule has 88 valence electrons. The predicted molar refractivity (Wildman–Crippen MR) is 44.6 cm³/mol. The van der Waals surface area contributed by atoms with Crippen molar-refractivity contribution < 1.29 is 27.1 Å². The molecule has 0 fully saturated rings. The lowest BCUT2D eigenvalue weighted by Crippen LogP contribution is -2.18. The third-order valence-corrected chi connectivity index (χ3v) is 1.63. The quantitative estimate of drug-likeness (QED) is 0.488. The van der Waals surface area contributed by atoms with Crippen molar-refractivity contribution >= 4 is 11.7 Å². The summed E-state index contributed by atoms with van der Waals surface area (Å²) in [6, 6.07) is 0. The Kier molecular flexibility index (Phi) is 3.64. The van der Waals surface area contributed by atoms with E-state index >= 15 is 0 Å². The number of hydrogen-bond donors (Lipinski definition) is 1. The largest absolute Gasteiger partial charge is 0.468 e. The van der Waals surface area contributed by atoms with E-state index in [1.54, 1.807) is 0 Å². The van der Waals surface area contributed by atoms with Crippen molar-refractivity contribution in [2.75, 3.05) is 19.0 Å². The molecule has 1 aromatic heterocycles. The molecule has 0 aliphatic carbocycles. The van der Waals surface area contributed by atoms with E-state index in [2.05, 4.69) is 9.72 Å². The number of carbonyl (C=O) groups excluding carboxylic acids is 1. The molecule has 8 heteroatoms. The van der Waals surface area contributed by atoms with Crippen molar-refractivity contribution in [3.8, 4) is 0 Å². The number of pyridine rings is 1. The Hall–Kier alpha value is -1.86. The third kappa shape index (κ3) is 2.38. The number of nitrogens with one attached hydrogen (secondary N) is 1. The molecule has 0 bridgehead atoms. The summed E-state index contributed by atoms with van der Waals surface area (Å²) in [5, 5.41) is 1.87. The normalized spacial score (nSPS) is 10.1. The number of halogens is 4. The summed E-state index contributed by atoms with van der Waals surface area (Å²) in [4.78, 5) is 13.0. The van der Waals surface area contributed by atoms with E-state index in [-0.39, 0.29) is 0 Å². The molecule has 0 saturated heterocycles. The number of anilines is 1. The van der Waals surface area contributed by atoms with Crippen LogP contribution >= 0.6 is 0 Å². The van der Waals surface area contributed by atoms with Crippen LogP contribution in [0.3, 0.4) is 0 Å². The topological polar surface area (TPSA) is 51.2 Å². The Morgan fingerprint density at radius 2 is 1.75 bits per heavy atom. The standard InChI is InChI=1S/C8H6F4N2O2/c1-16-3(15)2-13-6-4(9)7(11)14-8(12)5(6)10/h2H2,1H3,(H,13,14). The molecule has 0 atom stereocenters. The van der Waals surface area contributed by atoms with E-state index in [1.165, 1.54) is 0 Å². The van der Waals surface area contributed by atoms with Crippen molar-refractivity contribution in [2.24, 2.45) is 0 Å². The lowest BCUT2D eigenvalue weighted by Gasteiger charge is -2.07. The van der Waals surface area contributed by atoms with Gasteiger partial charge in [0.1, 0.15) is 12.2 Å². The highest BCUT2D eigenvalue weighted by molar-refractivity contribution is 5.74. The van der Waals surface area contributed by atoms with Crippen LogP contribution in [0.2, 0.25) is 0 Å². The molecule has 0 amide bonds. The minimum absolute atomic E-state index is 0.632. The van der Waals surface area contributed by atoms with Gasteiger partial charge in [-0.3, -0.25) is 4.79 Å². The van der Waals surface area contributed by atoms with Crippen molar-refractivity contribution in [1.29, 1.82) is 0 Å². The second kappa shape index (κ2) is 4.77. The van der Waals surface area contributed by atoms with Gasteiger partial charge in [-0.15, -0.1) is 0 Å². The Morgan fingerprint density at radius 3 is 2.19 bits per heavy atom. The molecule has 1 N–H and O–H groups in total. The van der Waals surface area contributed by atoms with Gasteiger partial charge in [0.2, 0.25) is 11.6 Å². The summed E-state index contributed by atoms with van der Waals surface area (Å²) < 4.78 is 55.2. The van der Waals surface area contributed by atoms with Crippen LogP contribution in [0.4, 0.5) is 23.2 Å². The molecule has 16 heavy (non-hydrogen) atoms. The van der Waals surface area contributed by atoms with E-state index in [4.69, 9.17) is 0 Å². The van der Waals surface area contributed by atoms with Crippen LogP contribution in [-0.2, 0) is 9.53 Å². The zero-order chi connectivity index (χ0) is 12.3. The number of methoxy groups -OCH3 is 1. The van der Waals surface area contributed by atoms with Crippen LogP contribution in [0, 0.1) is 23.5 Å². The number of aromatic nitrogens is 1. The summed E-state index contributed by atoms with van der Waals surface area (Å²) in [5.41, 5.74) is -1.10. The van der Waals surface area contributed by atoms with Crippen LogP contribution in [0.5, 0.6) is 0 Å². The third-order valence-electron chi connectivity index (χ3n) is 1.63. The summed E-state index contributed by atoms with van der Waals surface area (Å²) in [6.07, 6.45) is 0. The average Bonchev–Trinajstić information content (AvgIpc) is 2.26. The maximum absolute atomic E-state index is 12.9. The number of rotatable bonds is 3. The predicted octanol–water partition coefficient (Wildman–Crippen LogP) is 1.22. The van der Waals surface area contributed by atoms with Gasteiger partial charge in [-0.2, -0.15) is 22.5 Å². The Morgan fingerprint density at radius 1 is 1.25 bits per heavy atom. The zero-order valence-electron chi connectivity index (χ0n) is 7.98. The summed E-state index contributed by atoms with van der Waals surface area (Å²) in [6.45, 7) is -0.632. The van der Waals surface area contributed by atoms with Gasteiger partial charge in [0.15, 0.2) is 0 Å². The highest BCUT2D eigenvalue weighted by atomic mass is 19.2. The van der Waals surface area contributed by atoms with E-state index in [9.17, 15) is 22.4 Å². The van der Waals surface area contributed by atoms with Crippen LogP contribution in [-0.4, -0.2) is 24.6 Å². The summed E-state index contributed by atoms with van der Waals surface area (Å²) >= 11 is 0. The molecule has 0 aliphatic rings. The molecular weight excluding hydrogens is 232 g/mol. The van der Waals surface area contributed by atoms with Crippen LogP contribution in [0.1, 0.15) is 0 Å². The molecule has 0 spiro atoms. The van der Waals surface area contributed by atoms with Gasteiger partial charge in [0.25, 0.3) is 11.9 Å². The van der Waals surface area contributed by atoms with Gasteiger partial charge in [0.05, 0.1) is 7.11 Å². The average molecular weight is 238 g/mol. The van der Waals surface area contributed by atoms with Crippen LogP contribution < -0.4 is 5.32 Å². The molecule has 1 heterocycles. The van der Waals surface area contributed by atoms with Gasteiger partial charge in [-0.1, -0.05) is 0 Å². The fourth-order valence-electron chi connectivity index (χ4n) is 0.875. The SMILES string of the molecule is COC(=O)CNc1c(F)c(F)nc(F)c1F. The highest BCUT2D eigenvalue weighted by Crippen LogP contribution is 2.21. The zero-order valence-corrected chi connectivity index (χ0v) is 7.98. The number of carbonyl (C=O) groups is 1. The van der Waals surface area contributed by atoms with Gasteiger partial charge < -0.3 is 10.1 Å². The first-order valence-electron chi connectivity index (χ1n) is 3.98. The van der Waals surface area contributed by atoms with Crippen molar-refractivity contribution in [2.45, 2.75) is 0 Å². The number of ether oxygens (including phenoxy) is 1. The number of esters is 1. The number of hydrogen-bond acceptors (Lipinski definition) is 4. The van der Waals surface area contributed by atoms with Gasteiger partial charge in [-0.05, 0) is 0 Å². The molecule has 0 radical (unpaired) electrons. The van der Waals surface area contributed by atoms with Crippen molar-refractivity contribution in [3.63, 3.8) is 0 Å². The van der Waals surface area contributed by atoms with Crippen LogP contribution in [0.25, 0.3) is 0 Å². The van der Waals surface area contributed by atoms with E-state index in [0.717, 1.165) is 7.11 Å². The first-order chi connectivity index (χ1) is 7.47. The fraction of sp³-hybridized carbons (Fsp3) is 0.250. The van der Waals surface area contributed by atoms with Crippen molar-refractivity contribution in [3.05, 3.63) is 23.5 Å². The molecule has 0 aliphatic heterocycles. The van der Waals surface area contributed by atoms with E-state index in [1.807, 2.05) is 5.32 Å². The van der Waals surface area contributed by atoms with E-state index in [0.29, 0.717) is 0 Å². The van der Waals surface area contributed by atoms with Gasteiger partial charge in [-0.25, -0.2) is 0 Å².